The van der Waals surface area contributed by atoms with Gasteiger partial charge in [0, 0.05) is 11.1 Å². The van der Waals surface area contributed by atoms with Gasteiger partial charge in [0.15, 0.2) is 0 Å². The Hall–Kier alpha value is -3.46. The molecule has 1 aromatic heterocycles. The summed E-state index contributed by atoms with van der Waals surface area (Å²) < 4.78 is 0. The molecule has 0 fully saturated rings. The summed E-state index contributed by atoms with van der Waals surface area (Å²) in [4.78, 5) is 8.85. The molecular weight excluding hydrogens is 318 g/mol. The molecule has 0 radical (unpaired) electrons. The van der Waals surface area contributed by atoms with Gasteiger partial charge in [-0.15, -0.1) is 0 Å². The number of hydrogen-bond acceptors (Lipinski definition) is 3. The number of rotatable bonds is 3. The molecule has 126 valence electrons. The van der Waals surface area contributed by atoms with Crippen LogP contribution in [0.15, 0.2) is 84.9 Å². The third-order valence-corrected chi connectivity index (χ3v) is 4.45. The molecule has 2 N–H and O–H groups in total. The standard InChI is InChI=1S/C23H19N3/c1-16-7-5-6-10-20(16)22-15-21(25-23(24)26-22)19-13-11-18(12-14-19)17-8-3-2-4-9-17/h2-15H,1H3,(H2,24,25,26). The fraction of sp³-hybridized carbons (Fsp3) is 0.0435. The fourth-order valence-electron chi connectivity index (χ4n) is 3.08. The topological polar surface area (TPSA) is 51.8 Å². The first-order chi connectivity index (χ1) is 12.7. The molecule has 0 atom stereocenters. The Bertz CT molecular complexity index is 1040. The highest BCUT2D eigenvalue weighted by molar-refractivity contribution is 5.73. The highest BCUT2D eigenvalue weighted by atomic mass is 15.0. The average molecular weight is 337 g/mol. The third-order valence-electron chi connectivity index (χ3n) is 4.45. The predicted octanol–water partition coefficient (Wildman–Crippen LogP) is 5.37. The molecule has 0 aliphatic rings. The lowest BCUT2D eigenvalue weighted by molar-refractivity contribution is 1.19. The maximum atomic E-state index is 5.98. The van der Waals surface area contributed by atoms with Crippen LogP contribution in [0.2, 0.25) is 0 Å². The van der Waals surface area contributed by atoms with E-state index in [0.717, 1.165) is 28.1 Å². The van der Waals surface area contributed by atoms with Crippen molar-refractivity contribution in [3.8, 4) is 33.6 Å². The molecule has 0 saturated heterocycles. The lowest BCUT2D eigenvalue weighted by Gasteiger charge is -2.09. The predicted molar refractivity (Wildman–Crippen MR) is 107 cm³/mol. The van der Waals surface area contributed by atoms with Gasteiger partial charge in [-0.05, 0) is 29.7 Å². The zero-order valence-electron chi connectivity index (χ0n) is 14.6. The minimum Gasteiger partial charge on any atom is -0.368 e. The monoisotopic (exact) mass is 337 g/mol. The molecule has 0 unspecified atom stereocenters. The normalized spacial score (nSPS) is 10.7. The van der Waals surface area contributed by atoms with Gasteiger partial charge in [0.2, 0.25) is 5.95 Å². The van der Waals surface area contributed by atoms with Crippen LogP contribution in [0, 0.1) is 6.92 Å². The van der Waals surface area contributed by atoms with E-state index < -0.39 is 0 Å². The van der Waals surface area contributed by atoms with Gasteiger partial charge in [0.05, 0.1) is 11.4 Å². The Morgan fingerprint density at radius 1 is 0.615 bits per heavy atom. The minimum absolute atomic E-state index is 0.285. The summed E-state index contributed by atoms with van der Waals surface area (Å²) in [6.45, 7) is 2.07. The van der Waals surface area contributed by atoms with E-state index in [4.69, 9.17) is 5.73 Å². The van der Waals surface area contributed by atoms with E-state index in [0.29, 0.717) is 0 Å². The largest absolute Gasteiger partial charge is 0.368 e. The summed E-state index contributed by atoms with van der Waals surface area (Å²) in [5, 5.41) is 0. The highest BCUT2D eigenvalue weighted by Gasteiger charge is 2.09. The van der Waals surface area contributed by atoms with Gasteiger partial charge < -0.3 is 5.73 Å². The van der Waals surface area contributed by atoms with E-state index >= 15 is 0 Å². The maximum Gasteiger partial charge on any atom is 0.221 e. The zero-order chi connectivity index (χ0) is 17.9. The molecule has 0 bridgehead atoms. The Labute approximate surface area is 153 Å². The van der Waals surface area contributed by atoms with E-state index in [-0.39, 0.29) is 5.95 Å². The van der Waals surface area contributed by atoms with Gasteiger partial charge in [-0.2, -0.15) is 0 Å². The smallest absolute Gasteiger partial charge is 0.221 e. The minimum atomic E-state index is 0.285. The molecule has 4 rings (SSSR count). The van der Waals surface area contributed by atoms with Crippen LogP contribution in [0.25, 0.3) is 33.6 Å². The van der Waals surface area contributed by atoms with Gasteiger partial charge in [-0.1, -0.05) is 78.9 Å². The van der Waals surface area contributed by atoms with Crippen LogP contribution in [0.5, 0.6) is 0 Å². The number of hydrogen-bond donors (Lipinski definition) is 1. The van der Waals surface area contributed by atoms with Gasteiger partial charge in [-0.3, -0.25) is 0 Å². The Kier molecular flexibility index (Phi) is 4.20. The fourth-order valence-corrected chi connectivity index (χ4v) is 3.08. The molecule has 3 heteroatoms. The average Bonchev–Trinajstić information content (AvgIpc) is 2.69. The van der Waals surface area contributed by atoms with Crippen LogP contribution in [-0.2, 0) is 0 Å². The van der Waals surface area contributed by atoms with E-state index in [1.165, 1.54) is 11.1 Å². The molecule has 4 aromatic rings. The van der Waals surface area contributed by atoms with Crippen LogP contribution < -0.4 is 5.73 Å². The van der Waals surface area contributed by atoms with Crippen molar-refractivity contribution in [1.29, 1.82) is 0 Å². The van der Waals surface area contributed by atoms with Gasteiger partial charge in [0.25, 0.3) is 0 Å². The number of aromatic nitrogens is 2. The first-order valence-corrected chi connectivity index (χ1v) is 8.57. The van der Waals surface area contributed by atoms with E-state index in [9.17, 15) is 0 Å². The number of nitrogens with zero attached hydrogens (tertiary/aromatic N) is 2. The second-order valence-corrected chi connectivity index (χ2v) is 6.25. The van der Waals surface area contributed by atoms with Crippen molar-refractivity contribution < 1.29 is 0 Å². The molecule has 1 heterocycles. The first-order valence-electron chi connectivity index (χ1n) is 8.57. The van der Waals surface area contributed by atoms with Crippen molar-refractivity contribution >= 4 is 5.95 Å². The second-order valence-electron chi connectivity index (χ2n) is 6.25. The summed E-state index contributed by atoms with van der Waals surface area (Å²) in [7, 11) is 0. The summed E-state index contributed by atoms with van der Waals surface area (Å²) in [5.74, 6) is 0.285. The van der Waals surface area contributed by atoms with Crippen LogP contribution in [-0.4, -0.2) is 9.97 Å². The SMILES string of the molecule is Cc1ccccc1-c1cc(-c2ccc(-c3ccccc3)cc2)nc(N)n1. The Balaban J connectivity index is 1.73. The van der Waals surface area contributed by atoms with E-state index in [1.807, 2.05) is 36.4 Å². The number of nitrogens with two attached hydrogens (primary N) is 1. The third kappa shape index (κ3) is 3.20. The van der Waals surface area contributed by atoms with Crippen molar-refractivity contribution in [2.45, 2.75) is 6.92 Å². The van der Waals surface area contributed by atoms with Crippen molar-refractivity contribution in [3.63, 3.8) is 0 Å². The van der Waals surface area contributed by atoms with Crippen molar-refractivity contribution in [1.82, 2.24) is 9.97 Å². The number of benzene rings is 3. The maximum absolute atomic E-state index is 5.98. The Morgan fingerprint density at radius 3 is 1.92 bits per heavy atom. The summed E-state index contributed by atoms with van der Waals surface area (Å²) in [5.41, 5.74) is 13.3. The summed E-state index contributed by atoms with van der Waals surface area (Å²) in [6, 6.07) is 28.8. The molecule has 0 saturated carbocycles. The highest BCUT2D eigenvalue weighted by Crippen LogP contribution is 2.28. The summed E-state index contributed by atoms with van der Waals surface area (Å²) in [6.07, 6.45) is 0. The quantitative estimate of drug-likeness (QED) is 0.547. The molecule has 0 spiro atoms. The number of anilines is 1. The summed E-state index contributed by atoms with van der Waals surface area (Å²) >= 11 is 0. The lowest BCUT2D eigenvalue weighted by atomic mass is 10.0. The van der Waals surface area contributed by atoms with Gasteiger partial charge in [0.1, 0.15) is 0 Å². The molecule has 0 amide bonds. The first kappa shape index (κ1) is 16.0. The van der Waals surface area contributed by atoms with Crippen molar-refractivity contribution in [2.75, 3.05) is 5.73 Å². The van der Waals surface area contributed by atoms with Gasteiger partial charge in [-0.25, -0.2) is 9.97 Å². The number of nitrogen functional groups attached to an aromatic ring is 1. The molecule has 3 nitrogen and oxygen atoms in total. The zero-order valence-corrected chi connectivity index (χ0v) is 14.6. The lowest BCUT2D eigenvalue weighted by Crippen LogP contribution is -1.99. The van der Waals surface area contributed by atoms with E-state index in [2.05, 4.69) is 65.4 Å². The second kappa shape index (κ2) is 6.81. The molecule has 26 heavy (non-hydrogen) atoms. The molecular formula is C23H19N3. The number of aryl methyl sites for hydroxylation is 1. The van der Waals surface area contributed by atoms with Crippen molar-refractivity contribution in [3.05, 3.63) is 90.5 Å². The Morgan fingerprint density at radius 2 is 1.19 bits per heavy atom. The van der Waals surface area contributed by atoms with Gasteiger partial charge >= 0.3 is 0 Å². The van der Waals surface area contributed by atoms with Crippen molar-refractivity contribution in [2.24, 2.45) is 0 Å². The van der Waals surface area contributed by atoms with E-state index in [1.54, 1.807) is 0 Å². The van der Waals surface area contributed by atoms with Crippen LogP contribution in [0.1, 0.15) is 5.56 Å². The van der Waals surface area contributed by atoms with Crippen LogP contribution in [0.3, 0.4) is 0 Å². The molecule has 0 aliphatic heterocycles. The molecule has 0 aliphatic carbocycles. The van der Waals surface area contributed by atoms with Crippen LogP contribution >= 0.6 is 0 Å². The van der Waals surface area contributed by atoms with Crippen LogP contribution in [0.4, 0.5) is 5.95 Å². The molecule has 3 aromatic carbocycles.